The Morgan fingerprint density at radius 3 is 3.08 bits per heavy atom. The molecule has 13 heavy (non-hydrogen) atoms. The van der Waals surface area contributed by atoms with Crippen molar-refractivity contribution in [2.45, 2.75) is 13.3 Å². The van der Waals surface area contributed by atoms with Gasteiger partial charge in [-0.2, -0.15) is 0 Å². The summed E-state index contributed by atoms with van der Waals surface area (Å²) in [7, 11) is 0. The van der Waals surface area contributed by atoms with E-state index in [0.717, 1.165) is 6.42 Å². The van der Waals surface area contributed by atoms with E-state index in [4.69, 9.17) is 4.84 Å². The number of rotatable bonds is 4. The molecule has 0 aliphatic carbocycles. The number of hydrogen-bond acceptors (Lipinski definition) is 2. The lowest BCUT2D eigenvalue weighted by Gasteiger charge is -1.93. The number of benzene rings is 1. The topological polar surface area (TPSA) is 21.6 Å². The molecule has 1 rings (SSSR count). The van der Waals surface area contributed by atoms with E-state index >= 15 is 0 Å². The third kappa shape index (κ3) is 3.69. The van der Waals surface area contributed by atoms with Crippen LogP contribution in [0.4, 0.5) is 4.39 Å². The fraction of sp³-hybridized carbons (Fsp3) is 0.300. The molecule has 3 heteroatoms. The van der Waals surface area contributed by atoms with Gasteiger partial charge in [0.25, 0.3) is 0 Å². The summed E-state index contributed by atoms with van der Waals surface area (Å²) in [5.41, 5.74) is 0.580. The Hall–Kier alpha value is -1.38. The van der Waals surface area contributed by atoms with Crippen LogP contribution in [0.1, 0.15) is 18.9 Å². The molecule has 0 saturated heterocycles. The summed E-state index contributed by atoms with van der Waals surface area (Å²) < 4.78 is 12.6. The summed E-state index contributed by atoms with van der Waals surface area (Å²) in [6.07, 6.45) is 3.48. The first-order valence-electron chi connectivity index (χ1n) is 4.16. The highest BCUT2D eigenvalue weighted by Crippen LogP contribution is 2.00. The molecule has 0 aliphatic heterocycles. The van der Waals surface area contributed by atoms with Crippen molar-refractivity contribution >= 4 is 6.21 Å². The number of hydrogen-bond donors (Lipinski definition) is 0. The molecular weight excluding hydrogens is 169 g/mol. The Labute approximate surface area is 77.0 Å². The highest BCUT2D eigenvalue weighted by atomic mass is 19.1. The predicted molar refractivity (Wildman–Crippen MR) is 49.2 cm³/mol. The van der Waals surface area contributed by atoms with E-state index in [1.165, 1.54) is 12.1 Å². The third-order valence-electron chi connectivity index (χ3n) is 1.36. The van der Waals surface area contributed by atoms with Crippen molar-refractivity contribution in [3.8, 4) is 0 Å². The molecule has 1 radical (unpaired) electrons. The van der Waals surface area contributed by atoms with E-state index in [1.807, 2.05) is 6.92 Å². The van der Waals surface area contributed by atoms with Crippen LogP contribution >= 0.6 is 0 Å². The first-order valence-corrected chi connectivity index (χ1v) is 4.16. The standard InChI is InChI=1S/C10H11FNO/c1-2-6-13-12-8-9-4-3-5-10(11)7-9/h3-5,7H,2,6H2,1H3. The van der Waals surface area contributed by atoms with Gasteiger partial charge in [0.15, 0.2) is 0 Å². The second-order valence-electron chi connectivity index (χ2n) is 2.55. The molecule has 1 aromatic rings. The molecule has 0 unspecified atom stereocenters. The minimum absolute atomic E-state index is 0.296. The fourth-order valence-corrected chi connectivity index (χ4v) is 0.780. The predicted octanol–water partition coefficient (Wildman–Crippen LogP) is 2.46. The zero-order chi connectivity index (χ0) is 9.52. The maximum atomic E-state index is 12.6. The van der Waals surface area contributed by atoms with Crippen molar-refractivity contribution in [2.75, 3.05) is 6.61 Å². The molecule has 0 aromatic heterocycles. The molecule has 0 amide bonds. The average Bonchev–Trinajstić information content (AvgIpc) is 2.13. The van der Waals surface area contributed by atoms with Gasteiger partial charge in [0.05, 0.1) is 0 Å². The van der Waals surface area contributed by atoms with Gasteiger partial charge in [-0.25, -0.2) is 4.39 Å². The molecule has 69 valence electrons. The second-order valence-corrected chi connectivity index (χ2v) is 2.55. The SMILES string of the molecule is CCCO/N=[C]\c1cccc(F)c1. The molecule has 0 spiro atoms. The van der Waals surface area contributed by atoms with Gasteiger partial charge in [-0.15, -0.1) is 0 Å². The molecule has 0 N–H and O–H groups in total. The van der Waals surface area contributed by atoms with Crippen LogP contribution in [0.2, 0.25) is 0 Å². The minimum atomic E-state index is -0.296. The highest BCUT2D eigenvalue weighted by Gasteiger charge is 1.91. The zero-order valence-electron chi connectivity index (χ0n) is 7.46. The Kier molecular flexibility index (Phi) is 3.96. The molecule has 0 heterocycles. The van der Waals surface area contributed by atoms with Gasteiger partial charge >= 0.3 is 0 Å². The van der Waals surface area contributed by atoms with Crippen molar-refractivity contribution in [3.05, 3.63) is 35.6 Å². The molecular formula is C10H11FNO. The first-order chi connectivity index (χ1) is 6.33. The molecule has 0 atom stereocenters. The molecule has 0 saturated carbocycles. The maximum absolute atomic E-state index is 12.6. The summed E-state index contributed by atoms with van der Waals surface area (Å²) in [6.45, 7) is 2.54. The van der Waals surface area contributed by atoms with Crippen LogP contribution in [-0.4, -0.2) is 12.8 Å². The van der Waals surface area contributed by atoms with Crippen LogP contribution in [0.15, 0.2) is 29.4 Å². The van der Waals surface area contributed by atoms with E-state index < -0.39 is 0 Å². The largest absolute Gasteiger partial charge is 0.395 e. The second kappa shape index (κ2) is 5.30. The summed E-state index contributed by atoms with van der Waals surface area (Å²) >= 11 is 0. The molecule has 0 aliphatic rings. The highest BCUT2D eigenvalue weighted by molar-refractivity contribution is 5.78. The molecule has 0 fully saturated rings. The lowest BCUT2D eigenvalue weighted by Crippen LogP contribution is -1.87. The van der Waals surface area contributed by atoms with Gasteiger partial charge in [0, 0.05) is 5.56 Å². The minimum Gasteiger partial charge on any atom is -0.395 e. The van der Waals surface area contributed by atoms with Crippen LogP contribution in [0, 0.1) is 5.82 Å². The fourth-order valence-electron chi connectivity index (χ4n) is 0.780. The van der Waals surface area contributed by atoms with Gasteiger partial charge in [0.1, 0.15) is 18.6 Å². The van der Waals surface area contributed by atoms with Gasteiger partial charge in [-0.3, -0.25) is 0 Å². The van der Waals surface area contributed by atoms with Gasteiger partial charge < -0.3 is 4.84 Å². The number of halogens is 1. The van der Waals surface area contributed by atoms with Crippen molar-refractivity contribution < 1.29 is 9.23 Å². The zero-order valence-corrected chi connectivity index (χ0v) is 7.46. The van der Waals surface area contributed by atoms with Crippen LogP contribution in [0.3, 0.4) is 0 Å². The van der Waals surface area contributed by atoms with Crippen molar-refractivity contribution in [3.63, 3.8) is 0 Å². The Morgan fingerprint density at radius 2 is 2.38 bits per heavy atom. The Bertz CT molecular complexity index is 286. The van der Waals surface area contributed by atoms with Crippen LogP contribution in [0.5, 0.6) is 0 Å². The normalized spacial score (nSPS) is 10.6. The summed E-state index contributed by atoms with van der Waals surface area (Å²) in [4.78, 5) is 4.82. The van der Waals surface area contributed by atoms with Crippen LogP contribution in [-0.2, 0) is 4.84 Å². The number of nitrogens with zero attached hydrogens (tertiary/aromatic N) is 1. The Balaban J connectivity index is 2.48. The van der Waals surface area contributed by atoms with Crippen LogP contribution < -0.4 is 0 Å². The Morgan fingerprint density at radius 1 is 1.54 bits per heavy atom. The van der Waals surface area contributed by atoms with Gasteiger partial charge in [-0.1, -0.05) is 24.2 Å². The average molecular weight is 180 g/mol. The van der Waals surface area contributed by atoms with E-state index in [2.05, 4.69) is 11.4 Å². The molecule has 1 aromatic carbocycles. The monoisotopic (exact) mass is 180 g/mol. The third-order valence-corrected chi connectivity index (χ3v) is 1.36. The van der Waals surface area contributed by atoms with E-state index in [1.54, 1.807) is 12.1 Å². The van der Waals surface area contributed by atoms with Gasteiger partial charge in [0.2, 0.25) is 0 Å². The quantitative estimate of drug-likeness (QED) is 0.396. The van der Waals surface area contributed by atoms with Gasteiger partial charge in [-0.05, 0) is 18.6 Å². The van der Waals surface area contributed by atoms with Crippen molar-refractivity contribution in [1.29, 1.82) is 0 Å². The van der Waals surface area contributed by atoms with Crippen molar-refractivity contribution in [2.24, 2.45) is 5.16 Å². The van der Waals surface area contributed by atoms with E-state index in [0.29, 0.717) is 12.2 Å². The summed E-state index contributed by atoms with van der Waals surface area (Å²) in [5.74, 6) is -0.296. The summed E-state index contributed by atoms with van der Waals surface area (Å²) in [5, 5.41) is 3.56. The van der Waals surface area contributed by atoms with E-state index in [-0.39, 0.29) is 5.82 Å². The lowest BCUT2D eigenvalue weighted by molar-refractivity contribution is 0.146. The first kappa shape index (κ1) is 9.71. The summed E-state index contributed by atoms with van der Waals surface area (Å²) in [6, 6.07) is 6.03. The maximum Gasteiger partial charge on any atom is 0.139 e. The molecule has 0 bridgehead atoms. The lowest BCUT2D eigenvalue weighted by atomic mass is 10.2. The smallest absolute Gasteiger partial charge is 0.139 e. The molecule has 2 nitrogen and oxygen atoms in total. The van der Waals surface area contributed by atoms with Crippen molar-refractivity contribution in [1.82, 2.24) is 0 Å². The van der Waals surface area contributed by atoms with E-state index in [9.17, 15) is 4.39 Å². The van der Waals surface area contributed by atoms with Crippen LogP contribution in [0.25, 0.3) is 0 Å².